The highest BCUT2D eigenvalue weighted by Gasteiger charge is 2.35. The van der Waals surface area contributed by atoms with Crippen LogP contribution < -0.4 is 5.73 Å². The number of nitrogens with zero attached hydrogens (tertiary/aromatic N) is 1. The molecule has 4 heteroatoms. The summed E-state index contributed by atoms with van der Waals surface area (Å²) in [6.45, 7) is 4.40. The number of rotatable bonds is 2. The maximum Gasteiger partial charge on any atom is 0.254 e. The molecule has 0 radical (unpaired) electrons. The van der Waals surface area contributed by atoms with E-state index in [0.29, 0.717) is 6.54 Å². The van der Waals surface area contributed by atoms with E-state index < -0.39 is 0 Å². The molecule has 23 heavy (non-hydrogen) atoms. The average molecular weight is 331 g/mol. The van der Waals surface area contributed by atoms with Crippen LogP contribution in [-0.4, -0.2) is 30.4 Å². The van der Waals surface area contributed by atoms with Crippen LogP contribution in [-0.2, 0) is 12.8 Å². The number of aryl methyl sites for hydroxylation is 2. The summed E-state index contributed by atoms with van der Waals surface area (Å²) < 4.78 is 0. The number of nitrogens with two attached hydrogens (primary N) is 1. The Morgan fingerprint density at radius 3 is 2.65 bits per heavy atom. The van der Waals surface area contributed by atoms with E-state index in [9.17, 15) is 4.79 Å². The molecule has 1 aliphatic heterocycles. The molecule has 0 spiro atoms. The summed E-state index contributed by atoms with van der Waals surface area (Å²) in [5.74, 6) is 0.160. The monoisotopic (exact) mass is 330 g/mol. The van der Waals surface area contributed by atoms with E-state index in [1.165, 1.54) is 16.5 Å². The van der Waals surface area contributed by atoms with Gasteiger partial charge in [-0.05, 0) is 59.2 Å². The van der Waals surface area contributed by atoms with Crippen LogP contribution in [0.3, 0.4) is 0 Å². The molecule has 0 aromatic heterocycles. The van der Waals surface area contributed by atoms with Crippen molar-refractivity contribution in [3.8, 4) is 0 Å². The fraction of sp³-hybridized carbons (Fsp3) is 0.421. The van der Waals surface area contributed by atoms with Gasteiger partial charge in [-0.1, -0.05) is 31.2 Å². The summed E-state index contributed by atoms with van der Waals surface area (Å²) in [5.41, 5.74) is 9.56. The van der Waals surface area contributed by atoms with Gasteiger partial charge in [0.1, 0.15) is 0 Å². The van der Waals surface area contributed by atoms with Gasteiger partial charge in [0.2, 0.25) is 0 Å². The molecule has 2 aromatic carbocycles. The second-order valence-corrected chi connectivity index (χ2v) is 7.10. The summed E-state index contributed by atoms with van der Waals surface area (Å²) >= 11 is 0. The lowest BCUT2D eigenvalue weighted by Crippen LogP contribution is -2.34. The largest absolute Gasteiger partial charge is 0.338 e. The third-order valence-electron chi connectivity index (χ3n) is 5.45. The molecule has 1 unspecified atom stereocenters. The molecule has 0 bridgehead atoms. The number of halogens is 1. The van der Waals surface area contributed by atoms with Gasteiger partial charge in [0.05, 0.1) is 0 Å². The lowest BCUT2D eigenvalue weighted by molar-refractivity contribution is 0.0779. The highest BCUT2D eigenvalue weighted by Crippen LogP contribution is 2.35. The number of benzene rings is 2. The third-order valence-corrected chi connectivity index (χ3v) is 5.45. The van der Waals surface area contributed by atoms with Crippen molar-refractivity contribution in [3.05, 3.63) is 47.0 Å². The molecule has 2 aromatic rings. The topological polar surface area (TPSA) is 46.3 Å². The lowest BCUT2D eigenvalue weighted by atomic mass is 9.90. The number of carbonyl (C=O) groups is 1. The molecule has 1 saturated heterocycles. The van der Waals surface area contributed by atoms with Crippen LogP contribution in [0.1, 0.15) is 34.8 Å². The zero-order chi connectivity index (χ0) is 15.3. The van der Waals surface area contributed by atoms with Crippen LogP contribution in [0.25, 0.3) is 10.8 Å². The molecule has 3 nitrogen and oxygen atoms in total. The van der Waals surface area contributed by atoms with Crippen molar-refractivity contribution in [2.45, 2.75) is 26.2 Å². The van der Waals surface area contributed by atoms with Crippen molar-refractivity contribution in [2.24, 2.45) is 11.1 Å². The van der Waals surface area contributed by atoms with Gasteiger partial charge in [-0.3, -0.25) is 4.79 Å². The number of hydrogen-bond acceptors (Lipinski definition) is 2. The second-order valence-electron chi connectivity index (χ2n) is 7.10. The summed E-state index contributed by atoms with van der Waals surface area (Å²) in [6.07, 6.45) is 3.19. The fourth-order valence-corrected chi connectivity index (χ4v) is 3.97. The van der Waals surface area contributed by atoms with Crippen LogP contribution >= 0.6 is 12.4 Å². The molecule has 1 atom stereocenters. The number of carbonyl (C=O) groups excluding carboxylic acids is 1. The predicted molar refractivity (Wildman–Crippen MR) is 96.3 cm³/mol. The van der Waals surface area contributed by atoms with Crippen molar-refractivity contribution < 1.29 is 4.79 Å². The number of amides is 1. The molecule has 1 heterocycles. The van der Waals surface area contributed by atoms with Gasteiger partial charge >= 0.3 is 0 Å². The van der Waals surface area contributed by atoms with Crippen LogP contribution in [0.5, 0.6) is 0 Å². The van der Waals surface area contributed by atoms with Gasteiger partial charge in [-0.25, -0.2) is 0 Å². The molecule has 2 aliphatic rings. The standard InChI is InChI=1S/C19H22N2O.ClH/c1-19(11-20)9-10-21(12-19)18(22)16-8-7-14-6-5-13-3-2-4-15(16)17(13)14;/h2-4,7-8H,5-6,9-12,20H2,1H3;1H. The maximum atomic E-state index is 13.0. The summed E-state index contributed by atoms with van der Waals surface area (Å²) in [4.78, 5) is 15.0. The molecule has 1 amide bonds. The lowest BCUT2D eigenvalue weighted by Gasteiger charge is -2.23. The van der Waals surface area contributed by atoms with Gasteiger partial charge in [0.25, 0.3) is 5.91 Å². The first kappa shape index (κ1) is 16.3. The van der Waals surface area contributed by atoms with Crippen molar-refractivity contribution in [2.75, 3.05) is 19.6 Å². The normalized spacial score (nSPS) is 22.4. The van der Waals surface area contributed by atoms with E-state index in [1.54, 1.807) is 0 Å². The second kappa shape index (κ2) is 5.81. The highest BCUT2D eigenvalue weighted by molar-refractivity contribution is 6.09. The van der Waals surface area contributed by atoms with Crippen LogP contribution in [0.4, 0.5) is 0 Å². The zero-order valence-corrected chi connectivity index (χ0v) is 14.3. The minimum Gasteiger partial charge on any atom is -0.338 e. The van der Waals surface area contributed by atoms with Gasteiger partial charge < -0.3 is 10.6 Å². The van der Waals surface area contributed by atoms with Gasteiger partial charge in [0.15, 0.2) is 0 Å². The zero-order valence-electron chi connectivity index (χ0n) is 13.5. The maximum absolute atomic E-state index is 13.0. The molecule has 1 aliphatic carbocycles. The van der Waals surface area contributed by atoms with E-state index in [4.69, 9.17) is 5.73 Å². The van der Waals surface area contributed by atoms with Crippen molar-refractivity contribution in [1.29, 1.82) is 0 Å². The molecule has 1 fully saturated rings. The molecule has 0 saturated carbocycles. The Labute approximate surface area is 143 Å². The Kier molecular flexibility index (Phi) is 4.11. The smallest absolute Gasteiger partial charge is 0.254 e. The van der Waals surface area contributed by atoms with Crippen molar-refractivity contribution >= 4 is 29.1 Å². The van der Waals surface area contributed by atoms with Crippen LogP contribution in [0.15, 0.2) is 30.3 Å². The molecule has 2 N–H and O–H groups in total. The summed E-state index contributed by atoms with van der Waals surface area (Å²) in [7, 11) is 0. The first-order valence-corrected chi connectivity index (χ1v) is 8.14. The molecule has 4 rings (SSSR count). The van der Waals surface area contributed by atoms with E-state index >= 15 is 0 Å². The van der Waals surface area contributed by atoms with E-state index in [0.717, 1.165) is 43.3 Å². The number of hydrogen-bond donors (Lipinski definition) is 1. The van der Waals surface area contributed by atoms with Crippen molar-refractivity contribution in [1.82, 2.24) is 4.90 Å². The van der Waals surface area contributed by atoms with Gasteiger partial charge in [-0.15, -0.1) is 12.4 Å². The van der Waals surface area contributed by atoms with Gasteiger partial charge in [0, 0.05) is 18.7 Å². The quantitative estimate of drug-likeness (QED) is 0.919. The Morgan fingerprint density at radius 1 is 1.22 bits per heavy atom. The first-order valence-electron chi connectivity index (χ1n) is 8.14. The van der Waals surface area contributed by atoms with Gasteiger partial charge in [-0.2, -0.15) is 0 Å². The molecular formula is C19H23ClN2O. The fourth-order valence-electron chi connectivity index (χ4n) is 3.97. The summed E-state index contributed by atoms with van der Waals surface area (Å²) in [5, 5.41) is 2.44. The number of likely N-dealkylation sites (tertiary alicyclic amines) is 1. The Morgan fingerprint density at radius 2 is 1.96 bits per heavy atom. The van der Waals surface area contributed by atoms with E-state index in [-0.39, 0.29) is 23.7 Å². The minimum atomic E-state index is 0. The molecular weight excluding hydrogens is 308 g/mol. The first-order chi connectivity index (χ1) is 10.6. The minimum absolute atomic E-state index is 0. The highest BCUT2D eigenvalue weighted by atomic mass is 35.5. The Hall–Kier alpha value is -1.58. The van der Waals surface area contributed by atoms with E-state index in [2.05, 4.69) is 31.2 Å². The third kappa shape index (κ3) is 2.52. The Bertz CT molecular complexity index is 763. The Balaban J connectivity index is 0.00000156. The SMILES string of the molecule is CC1(CN)CCN(C(=O)c2ccc3c4c(cccc24)CC3)C1.Cl. The van der Waals surface area contributed by atoms with Crippen molar-refractivity contribution in [3.63, 3.8) is 0 Å². The average Bonchev–Trinajstić information content (AvgIpc) is 3.14. The predicted octanol–water partition coefficient (Wildman–Crippen LogP) is 3.17. The van der Waals surface area contributed by atoms with E-state index in [1.807, 2.05) is 11.0 Å². The summed E-state index contributed by atoms with van der Waals surface area (Å²) in [6, 6.07) is 10.5. The van der Waals surface area contributed by atoms with Crippen LogP contribution in [0.2, 0.25) is 0 Å². The molecule has 122 valence electrons. The van der Waals surface area contributed by atoms with Crippen LogP contribution in [0, 0.1) is 5.41 Å².